The lowest BCUT2D eigenvalue weighted by Gasteiger charge is -2.54. The SMILES string of the molecule is CCc1cnc(CNC2C3CCOC3C2(C)C)s1. The molecule has 3 nitrogen and oxygen atoms in total. The topological polar surface area (TPSA) is 34.2 Å². The van der Waals surface area contributed by atoms with Crippen LogP contribution in [0, 0.1) is 11.3 Å². The number of hydrogen-bond donors (Lipinski definition) is 1. The lowest BCUT2D eigenvalue weighted by molar-refractivity contribution is -0.113. The first-order valence-corrected chi connectivity index (χ1v) is 7.73. The van der Waals surface area contributed by atoms with Gasteiger partial charge in [-0.15, -0.1) is 11.3 Å². The third-order valence-corrected chi connectivity index (χ3v) is 5.67. The minimum Gasteiger partial charge on any atom is -0.377 e. The number of nitrogens with one attached hydrogen (secondary N) is 1. The van der Waals surface area contributed by atoms with Crippen LogP contribution in [0.4, 0.5) is 0 Å². The van der Waals surface area contributed by atoms with Gasteiger partial charge in [-0.3, -0.25) is 0 Å². The molecule has 18 heavy (non-hydrogen) atoms. The van der Waals surface area contributed by atoms with Gasteiger partial charge in [-0.25, -0.2) is 4.98 Å². The molecule has 0 aromatic carbocycles. The molecule has 1 aromatic rings. The van der Waals surface area contributed by atoms with E-state index in [9.17, 15) is 0 Å². The zero-order chi connectivity index (χ0) is 12.8. The van der Waals surface area contributed by atoms with Crippen LogP contribution >= 0.6 is 11.3 Å². The molecule has 1 N–H and O–H groups in total. The minimum absolute atomic E-state index is 0.270. The van der Waals surface area contributed by atoms with E-state index in [0.717, 1.165) is 19.6 Å². The third-order valence-electron chi connectivity index (χ3n) is 4.52. The zero-order valence-corrected chi connectivity index (χ0v) is 12.2. The molecule has 2 fully saturated rings. The molecule has 3 rings (SSSR count). The van der Waals surface area contributed by atoms with Gasteiger partial charge >= 0.3 is 0 Å². The number of aryl methyl sites for hydroxylation is 1. The highest BCUT2D eigenvalue weighted by molar-refractivity contribution is 7.11. The highest BCUT2D eigenvalue weighted by atomic mass is 32.1. The van der Waals surface area contributed by atoms with Crippen molar-refractivity contribution in [3.05, 3.63) is 16.1 Å². The predicted molar refractivity (Wildman–Crippen MR) is 73.7 cm³/mol. The van der Waals surface area contributed by atoms with Crippen molar-refractivity contribution in [2.75, 3.05) is 6.61 Å². The number of hydrogen-bond acceptors (Lipinski definition) is 4. The average molecular weight is 266 g/mol. The van der Waals surface area contributed by atoms with Crippen LogP contribution in [0.1, 0.15) is 37.1 Å². The van der Waals surface area contributed by atoms with Gasteiger partial charge in [0.1, 0.15) is 5.01 Å². The Kier molecular flexibility index (Phi) is 3.20. The number of fused-ring (bicyclic) bond motifs is 1. The molecule has 0 amide bonds. The molecule has 0 spiro atoms. The maximum Gasteiger partial charge on any atom is 0.107 e. The fourth-order valence-corrected chi connectivity index (χ4v) is 4.34. The van der Waals surface area contributed by atoms with E-state index in [2.05, 4.69) is 31.1 Å². The van der Waals surface area contributed by atoms with Gasteiger partial charge in [0, 0.05) is 41.6 Å². The smallest absolute Gasteiger partial charge is 0.107 e. The highest BCUT2D eigenvalue weighted by Gasteiger charge is 2.58. The monoisotopic (exact) mass is 266 g/mol. The Labute approximate surface area is 113 Å². The van der Waals surface area contributed by atoms with E-state index >= 15 is 0 Å². The van der Waals surface area contributed by atoms with Crippen LogP contribution < -0.4 is 5.32 Å². The van der Waals surface area contributed by atoms with Crippen LogP contribution in [-0.2, 0) is 17.7 Å². The van der Waals surface area contributed by atoms with Crippen LogP contribution in [0.2, 0.25) is 0 Å². The van der Waals surface area contributed by atoms with Crippen LogP contribution in [-0.4, -0.2) is 23.7 Å². The van der Waals surface area contributed by atoms with Crippen LogP contribution in [0.25, 0.3) is 0 Å². The zero-order valence-electron chi connectivity index (χ0n) is 11.4. The summed E-state index contributed by atoms with van der Waals surface area (Å²) in [7, 11) is 0. The van der Waals surface area contributed by atoms with Crippen molar-refractivity contribution in [1.29, 1.82) is 0 Å². The van der Waals surface area contributed by atoms with Gasteiger partial charge in [0.15, 0.2) is 0 Å². The molecule has 1 saturated heterocycles. The highest BCUT2D eigenvalue weighted by Crippen LogP contribution is 2.52. The summed E-state index contributed by atoms with van der Waals surface area (Å²) in [5.41, 5.74) is 0.270. The maximum absolute atomic E-state index is 5.82. The summed E-state index contributed by atoms with van der Waals surface area (Å²) in [5, 5.41) is 4.92. The molecular weight excluding hydrogens is 244 g/mol. The largest absolute Gasteiger partial charge is 0.377 e. The van der Waals surface area contributed by atoms with Crippen molar-refractivity contribution in [2.45, 2.75) is 52.3 Å². The average Bonchev–Trinajstić information content (AvgIpc) is 2.96. The molecule has 3 atom stereocenters. The molecule has 2 heterocycles. The Bertz CT molecular complexity index is 429. The van der Waals surface area contributed by atoms with Gasteiger partial charge in [0.05, 0.1) is 6.10 Å². The molecule has 100 valence electrons. The molecule has 1 aliphatic heterocycles. The molecule has 3 unspecified atom stereocenters. The third kappa shape index (κ3) is 1.91. The lowest BCUT2D eigenvalue weighted by atomic mass is 9.57. The predicted octanol–water partition coefficient (Wildman–Crippen LogP) is 2.61. The Morgan fingerprint density at radius 3 is 3.11 bits per heavy atom. The van der Waals surface area contributed by atoms with Gasteiger partial charge < -0.3 is 10.1 Å². The first-order valence-electron chi connectivity index (χ1n) is 6.91. The number of ether oxygens (including phenoxy) is 1. The molecule has 2 aliphatic rings. The molecule has 1 saturated carbocycles. The summed E-state index contributed by atoms with van der Waals surface area (Å²) < 4.78 is 5.82. The van der Waals surface area contributed by atoms with Crippen molar-refractivity contribution < 1.29 is 4.74 Å². The fourth-order valence-electron chi connectivity index (χ4n) is 3.53. The summed E-state index contributed by atoms with van der Waals surface area (Å²) >= 11 is 1.83. The number of rotatable bonds is 4. The van der Waals surface area contributed by atoms with E-state index in [4.69, 9.17) is 4.74 Å². The first kappa shape index (κ1) is 12.6. The minimum atomic E-state index is 0.270. The first-order chi connectivity index (χ1) is 8.63. The van der Waals surface area contributed by atoms with E-state index < -0.39 is 0 Å². The molecule has 1 aromatic heterocycles. The fraction of sp³-hybridized carbons (Fsp3) is 0.786. The molecule has 0 radical (unpaired) electrons. The van der Waals surface area contributed by atoms with Crippen molar-refractivity contribution in [3.63, 3.8) is 0 Å². The second-order valence-corrected chi connectivity index (χ2v) is 7.20. The second-order valence-electron chi connectivity index (χ2n) is 6.00. The Morgan fingerprint density at radius 1 is 1.56 bits per heavy atom. The van der Waals surface area contributed by atoms with E-state index in [-0.39, 0.29) is 5.41 Å². The number of nitrogens with zero attached hydrogens (tertiary/aromatic N) is 1. The van der Waals surface area contributed by atoms with Crippen molar-refractivity contribution >= 4 is 11.3 Å². The van der Waals surface area contributed by atoms with Gasteiger partial charge in [-0.2, -0.15) is 0 Å². The number of aromatic nitrogens is 1. The van der Waals surface area contributed by atoms with E-state index in [0.29, 0.717) is 18.1 Å². The lowest BCUT2D eigenvalue weighted by Crippen LogP contribution is -2.65. The van der Waals surface area contributed by atoms with Gasteiger partial charge in [-0.1, -0.05) is 20.8 Å². The van der Waals surface area contributed by atoms with Crippen molar-refractivity contribution in [1.82, 2.24) is 10.3 Å². The summed E-state index contributed by atoms with van der Waals surface area (Å²) in [6.45, 7) is 8.66. The summed E-state index contributed by atoms with van der Waals surface area (Å²) in [6.07, 6.45) is 4.78. The standard InChI is InChI=1S/C14H22N2OS/c1-4-9-7-15-11(18-9)8-16-12-10-5-6-17-13(10)14(12,2)3/h7,10,12-13,16H,4-6,8H2,1-3H3. The van der Waals surface area contributed by atoms with E-state index in [1.54, 1.807) is 0 Å². The molecular formula is C14H22N2OS. The maximum atomic E-state index is 5.82. The van der Waals surface area contributed by atoms with Crippen molar-refractivity contribution in [3.8, 4) is 0 Å². The summed E-state index contributed by atoms with van der Waals surface area (Å²) in [4.78, 5) is 5.85. The molecule has 0 bridgehead atoms. The van der Waals surface area contributed by atoms with Crippen LogP contribution in [0.3, 0.4) is 0 Å². The van der Waals surface area contributed by atoms with Gasteiger partial charge in [0.2, 0.25) is 0 Å². The van der Waals surface area contributed by atoms with Crippen LogP contribution in [0.15, 0.2) is 6.20 Å². The Morgan fingerprint density at radius 2 is 2.39 bits per heavy atom. The summed E-state index contributed by atoms with van der Waals surface area (Å²) in [5.74, 6) is 0.714. The van der Waals surface area contributed by atoms with E-state index in [1.807, 2.05) is 17.5 Å². The van der Waals surface area contributed by atoms with E-state index in [1.165, 1.54) is 16.3 Å². The molecule has 4 heteroatoms. The number of thiazole rings is 1. The van der Waals surface area contributed by atoms with Crippen molar-refractivity contribution in [2.24, 2.45) is 11.3 Å². The second kappa shape index (κ2) is 4.58. The summed E-state index contributed by atoms with van der Waals surface area (Å²) in [6, 6.07) is 0.582. The normalized spacial score (nSPS) is 33.2. The molecule has 1 aliphatic carbocycles. The Balaban J connectivity index is 1.60. The Hall–Kier alpha value is -0.450. The quantitative estimate of drug-likeness (QED) is 0.909. The van der Waals surface area contributed by atoms with Gasteiger partial charge in [0.25, 0.3) is 0 Å². The van der Waals surface area contributed by atoms with Gasteiger partial charge in [-0.05, 0) is 12.8 Å². The van der Waals surface area contributed by atoms with Crippen LogP contribution in [0.5, 0.6) is 0 Å².